The Morgan fingerprint density at radius 3 is 1.95 bits per heavy atom. The van der Waals surface area contributed by atoms with Crippen molar-refractivity contribution in [3.63, 3.8) is 0 Å². The van der Waals surface area contributed by atoms with Crippen LogP contribution in [0.3, 0.4) is 0 Å². The molecular weight excluding hydrogens is 773 g/mol. The molecule has 0 amide bonds. The number of unbranched alkanes of at least 4 members (excludes halogenated alkanes) is 2. The van der Waals surface area contributed by atoms with Crippen molar-refractivity contribution in [1.29, 1.82) is 0 Å². The topological polar surface area (TPSA) is 186 Å². The number of anilines is 1. The second-order valence-electron chi connectivity index (χ2n) is 15.4. The quantitative estimate of drug-likeness (QED) is 0.0745. The van der Waals surface area contributed by atoms with E-state index in [1.54, 1.807) is 21.3 Å². The van der Waals surface area contributed by atoms with Gasteiger partial charge in [-0.05, 0) is 100 Å². The molecule has 0 saturated carbocycles. The lowest BCUT2D eigenvalue weighted by atomic mass is 9.75. The number of benzene rings is 2. The summed E-state index contributed by atoms with van der Waals surface area (Å²) in [4.78, 5) is 13.4. The number of allylic oxidation sites excluding steroid dienone is 4. The summed E-state index contributed by atoms with van der Waals surface area (Å²) in [6.45, 7) is 6.74. The van der Waals surface area contributed by atoms with Crippen LogP contribution < -0.4 is 4.90 Å². The predicted molar refractivity (Wildman–Crippen MR) is 219 cm³/mol. The van der Waals surface area contributed by atoms with Crippen molar-refractivity contribution in [1.82, 2.24) is 0 Å². The van der Waals surface area contributed by atoms with Crippen molar-refractivity contribution in [2.45, 2.75) is 88.9 Å². The van der Waals surface area contributed by atoms with Crippen molar-refractivity contribution < 1.29 is 54.6 Å². The number of ether oxygens (including phenoxy) is 3. The average Bonchev–Trinajstić information content (AvgIpc) is 3.50. The van der Waals surface area contributed by atoms with Gasteiger partial charge in [0.1, 0.15) is 6.54 Å². The van der Waals surface area contributed by atoms with Gasteiger partial charge in [0.15, 0.2) is 5.71 Å². The lowest BCUT2D eigenvalue weighted by Crippen LogP contribution is -2.32. The minimum absolute atomic E-state index is 0.0836. The summed E-state index contributed by atoms with van der Waals surface area (Å²) >= 11 is 0. The Kier molecular flexibility index (Phi) is 16.6. The normalized spacial score (nSPS) is 20.3. The van der Waals surface area contributed by atoms with Gasteiger partial charge in [-0.3, -0.25) is 4.79 Å². The molecule has 2 aliphatic heterocycles. The molecule has 0 bridgehead atoms. The van der Waals surface area contributed by atoms with Gasteiger partial charge < -0.3 is 33.3 Å². The highest BCUT2D eigenvalue weighted by atomic mass is 32.2. The highest BCUT2D eigenvalue weighted by molar-refractivity contribution is 7.85. The summed E-state index contributed by atoms with van der Waals surface area (Å²) in [5, 5.41) is 9.21. The zero-order chi connectivity index (χ0) is 41.9. The van der Waals surface area contributed by atoms with Crippen molar-refractivity contribution in [2.75, 3.05) is 70.6 Å². The molecule has 0 spiro atoms. The molecule has 0 aliphatic carbocycles. The first-order valence-electron chi connectivity index (χ1n) is 19.6. The van der Waals surface area contributed by atoms with Gasteiger partial charge in [-0.2, -0.15) is 4.58 Å². The SMILES string of the molecule is COCCc1ccc2c(c1)C(C)(CCCS(=O)(=O)[O-])C(/C=C/C=C1/N(CCOC)c3ccc(CCOC)cc3C1(C)CCCS(=O)(=O)[O-])=[N+]2CCCCCC(=O)O. The lowest BCUT2D eigenvalue weighted by molar-refractivity contribution is -0.438. The summed E-state index contributed by atoms with van der Waals surface area (Å²) in [6.07, 6.45) is 10.6. The Balaban J connectivity index is 1.87. The molecule has 0 saturated heterocycles. The van der Waals surface area contributed by atoms with Crippen molar-refractivity contribution in [3.8, 4) is 0 Å². The zero-order valence-corrected chi connectivity index (χ0v) is 35.6. The van der Waals surface area contributed by atoms with E-state index in [1.165, 1.54) is 0 Å². The van der Waals surface area contributed by atoms with E-state index in [9.17, 15) is 35.8 Å². The van der Waals surface area contributed by atoms with Gasteiger partial charge in [0.2, 0.25) is 5.69 Å². The Morgan fingerprint density at radius 2 is 1.37 bits per heavy atom. The number of hydrogen-bond donors (Lipinski definition) is 1. The Labute approximate surface area is 338 Å². The van der Waals surface area contributed by atoms with E-state index in [1.807, 2.05) is 18.2 Å². The molecule has 2 aromatic carbocycles. The van der Waals surface area contributed by atoms with Gasteiger partial charge in [-0.1, -0.05) is 24.3 Å². The van der Waals surface area contributed by atoms with E-state index in [2.05, 4.69) is 59.7 Å². The number of nitrogens with zero attached hydrogens (tertiary/aromatic N) is 2. The number of methoxy groups -OCH3 is 3. The van der Waals surface area contributed by atoms with Crippen LogP contribution in [-0.4, -0.2) is 113 Å². The van der Waals surface area contributed by atoms with Crippen LogP contribution in [0, 0.1) is 0 Å². The van der Waals surface area contributed by atoms with Crippen LogP contribution in [-0.2, 0) is 62.9 Å². The minimum Gasteiger partial charge on any atom is -0.748 e. The molecule has 2 heterocycles. The molecule has 0 aromatic heterocycles. The van der Waals surface area contributed by atoms with E-state index in [4.69, 9.17) is 14.2 Å². The van der Waals surface area contributed by atoms with Crippen LogP contribution in [0.4, 0.5) is 11.4 Å². The Hall–Kier alpha value is -3.44. The van der Waals surface area contributed by atoms with Gasteiger partial charge in [0.25, 0.3) is 0 Å². The maximum absolute atomic E-state index is 11.8. The first kappa shape index (κ1) is 46.3. The van der Waals surface area contributed by atoms with Crippen LogP contribution in [0.15, 0.2) is 60.3 Å². The highest BCUT2D eigenvalue weighted by Crippen LogP contribution is 2.51. The molecule has 2 aromatic rings. The van der Waals surface area contributed by atoms with E-state index in [0.29, 0.717) is 77.9 Å². The molecule has 1 N–H and O–H groups in total. The number of carboxylic acids is 1. The van der Waals surface area contributed by atoms with E-state index < -0.39 is 48.5 Å². The maximum Gasteiger partial charge on any atom is 0.303 e. The summed E-state index contributed by atoms with van der Waals surface area (Å²) in [5.74, 6) is -1.81. The molecule has 13 nitrogen and oxygen atoms in total. The predicted octanol–water partition coefficient (Wildman–Crippen LogP) is 5.58. The van der Waals surface area contributed by atoms with Crippen LogP contribution in [0.5, 0.6) is 0 Å². The Bertz CT molecular complexity index is 2030. The fourth-order valence-electron chi connectivity index (χ4n) is 8.30. The van der Waals surface area contributed by atoms with E-state index in [0.717, 1.165) is 45.0 Å². The van der Waals surface area contributed by atoms with Gasteiger partial charge in [-0.15, -0.1) is 0 Å². The molecule has 0 fully saturated rings. The second kappa shape index (κ2) is 20.5. The van der Waals surface area contributed by atoms with Crippen LogP contribution in [0.2, 0.25) is 0 Å². The van der Waals surface area contributed by atoms with Crippen molar-refractivity contribution >= 4 is 43.3 Å². The molecule has 316 valence electrons. The molecule has 4 rings (SSSR count). The minimum atomic E-state index is -4.45. The number of rotatable bonds is 25. The van der Waals surface area contributed by atoms with Gasteiger partial charge in [0.05, 0.1) is 45.5 Å². The second-order valence-corrected chi connectivity index (χ2v) is 18.4. The van der Waals surface area contributed by atoms with E-state index >= 15 is 0 Å². The largest absolute Gasteiger partial charge is 0.748 e. The number of fused-ring (bicyclic) bond motifs is 2. The number of carbonyl (C=O) groups is 1. The van der Waals surface area contributed by atoms with Crippen LogP contribution >= 0.6 is 0 Å². The van der Waals surface area contributed by atoms with Gasteiger partial charge in [-0.25, -0.2) is 16.8 Å². The van der Waals surface area contributed by atoms with Crippen LogP contribution in [0.25, 0.3) is 0 Å². The van der Waals surface area contributed by atoms with Gasteiger partial charge >= 0.3 is 5.97 Å². The molecule has 2 aliphatic rings. The van der Waals surface area contributed by atoms with Crippen molar-refractivity contribution in [2.24, 2.45) is 0 Å². The zero-order valence-electron chi connectivity index (χ0n) is 34.0. The van der Waals surface area contributed by atoms with Crippen molar-refractivity contribution in [3.05, 3.63) is 82.6 Å². The monoisotopic (exact) mass is 831 g/mol. The summed E-state index contributed by atoms with van der Waals surface area (Å²) in [7, 11) is -3.95. The van der Waals surface area contributed by atoms with E-state index in [-0.39, 0.29) is 19.3 Å². The maximum atomic E-state index is 11.8. The summed E-state index contributed by atoms with van der Waals surface area (Å²) < 4.78 is 89.1. The fourth-order valence-corrected chi connectivity index (χ4v) is 9.29. The standard InChI is InChI=1S/C42H60N2O11S2/c1-41(21-10-28-56(47,48)49)34-30-32(19-25-53-3)15-17-36(34)43(23-8-6-7-14-40(45)46)38(41)12-9-13-39-42(2,22-11-29-57(50,51)52)35-31-33(20-26-54-4)16-18-37(35)44(39)24-27-55-5/h9,12-13,15-18,30-31H,6-8,10-11,14,19-29H2,1-5H3,(H2-,45,46,47,48,49,50,51,52)/p-1. The third-order valence-corrected chi connectivity index (χ3v) is 12.8. The average molecular weight is 832 g/mol. The lowest BCUT2D eigenvalue weighted by Gasteiger charge is -2.30. The molecule has 2 unspecified atom stereocenters. The molecule has 0 radical (unpaired) electrons. The smallest absolute Gasteiger partial charge is 0.303 e. The van der Waals surface area contributed by atoms with Gasteiger partial charge in [0, 0.05) is 86.7 Å². The molecular formula is C42H59N2O11S2-. The Morgan fingerprint density at radius 1 is 0.789 bits per heavy atom. The number of hydrogen-bond acceptors (Lipinski definition) is 11. The fraction of sp³-hybridized carbons (Fsp3) is 0.571. The summed E-state index contributed by atoms with van der Waals surface area (Å²) in [6, 6.07) is 12.5. The first-order chi connectivity index (χ1) is 27.0. The third kappa shape index (κ3) is 12.3. The van der Waals surface area contributed by atoms with Crippen LogP contribution in [0.1, 0.15) is 87.5 Å². The molecule has 15 heteroatoms. The summed E-state index contributed by atoms with van der Waals surface area (Å²) in [5.41, 5.74) is 6.58. The third-order valence-electron chi connectivity index (χ3n) is 11.2. The molecule has 2 atom stereocenters. The number of carboxylic acid groups (broad SMARTS) is 1. The molecule has 57 heavy (non-hydrogen) atoms. The highest BCUT2D eigenvalue weighted by Gasteiger charge is 2.48. The first-order valence-corrected chi connectivity index (χ1v) is 22.8. The number of aliphatic carboxylic acids is 1.